The fourth-order valence-electron chi connectivity index (χ4n) is 1.96. The van der Waals surface area contributed by atoms with Gasteiger partial charge in [-0.1, -0.05) is 41.9 Å². The molecule has 8 heteroatoms. The number of alkyl carbamates (subject to hydrolysis) is 1. The molecule has 0 heterocycles. The van der Waals surface area contributed by atoms with Crippen molar-refractivity contribution in [2.45, 2.75) is 17.9 Å². The number of nitrogens with one attached hydrogen (secondary N) is 2. The molecular formula is C17H19ClN2O4S. The molecule has 0 radical (unpaired) electrons. The van der Waals surface area contributed by atoms with E-state index in [1.165, 1.54) is 24.3 Å². The van der Waals surface area contributed by atoms with Gasteiger partial charge in [-0.25, -0.2) is 17.9 Å². The number of ether oxygens (including phenoxy) is 1. The van der Waals surface area contributed by atoms with E-state index in [1.807, 2.05) is 30.3 Å². The third kappa shape index (κ3) is 6.74. The molecule has 0 bridgehead atoms. The van der Waals surface area contributed by atoms with Crippen molar-refractivity contribution in [2.75, 3.05) is 13.1 Å². The molecule has 2 N–H and O–H groups in total. The van der Waals surface area contributed by atoms with Crippen LogP contribution in [0.5, 0.6) is 0 Å². The summed E-state index contributed by atoms with van der Waals surface area (Å²) in [6.07, 6.45) is -0.0998. The van der Waals surface area contributed by atoms with Crippen molar-refractivity contribution in [2.24, 2.45) is 0 Å². The van der Waals surface area contributed by atoms with E-state index in [1.54, 1.807) is 0 Å². The zero-order valence-corrected chi connectivity index (χ0v) is 15.0. The number of rotatable bonds is 8. The van der Waals surface area contributed by atoms with Gasteiger partial charge in [0.2, 0.25) is 10.0 Å². The first-order chi connectivity index (χ1) is 12.0. The second-order valence-corrected chi connectivity index (χ2v) is 7.40. The lowest BCUT2D eigenvalue weighted by Crippen LogP contribution is -2.30. The molecular weight excluding hydrogens is 364 g/mol. The van der Waals surface area contributed by atoms with Gasteiger partial charge in [0, 0.05) is 18.1 Å². The van der Waals surface area contributed by atoms with E-state index in [0.717, 1.165) is 5.56 Å². The number of hydrogen-bond donors (Lipinski definition) is 2. The van der Waals surface area contributed by atoms with Gasteiger partial charge in [0.1, 0.15) is 6.61 Å². The van der Waals surface area contributed by atoms with E-state index in [-0.39, 0.29) is 18.0 Å². The zero-order chi connectivity index (χ0) is 18.1. The first kappa shape index (κ1) is 19.2. The Hall–Kier alpha value is -2.09. The maximum atomic E-state index is 12.0. The summed E-state index contributed by atoms with van der Waals surface area (Å²) in [6.45, 7) is 0.691. The van der Waals surface area contributed by atoms with E-state index in [0.29, 0.717) is 18.0 Å². The molecule has 2 aromatic rings. The molecule has 0 fully saturated rings. The minimum absolute atomic E-state index is 0.145. The molecule has 0 aromatic heterocycles. The highest BCUT2D eigenvalue weighted by atomic mass is 35.5. The molecule has 134 valence electrons. The van der Waals surface area contributed by atoms with E-state index in [9.17, 15) is 13.2 Å². The van der Waals surface area contributed by atoms with Gasteiger partial charge in [0.25, 0.3) is 0 Å². The first-order valence-electron chi connectivity index (χ1n) is 7.67. The number of benzene rings is 2. The van der Waals surface area contributed by atoms with Gasteiger partial charge in [0.05, 0.1) is 4.90 Å². The van der Waals surface area contributed by atoms with Gasteiger partial charge in [-0.3, -0.25) is 0 Å². The van der Waals surface area contributed by atoms with Gasteiger partial charge in [0.15, 0.2) is 0 Å². The quantitative estimate of drug-likeness (QED) is 0.687. The molecule has 0 atom stereocenters. The molecule has 0 spiro atoms. The molecule has 0 saturated carbocycles. The maximum Gasteiger partial charge on any atom is 0.407 e. The zero-order valence-electron chi connectivity index (χ0n) is 13.4. The van der Waals surface area contributed by atoms with Crippen LogP contribution in [-0.2, 0) is 21.4 Å². The summed E-state index contributed by atoms with van der Waals surface area (Å²) >= 11 is 5.73. The van der Waals surface area contributed by atoms with Gasteiger partial charge in [-0.15, -0.1) is 0 Å². The Morgan fingerprint density at radius 1 is 1.00 bits per heavy atom. The fraction of sp³-hybridized carbons (Fsp3) is 0.235. The fourth-order valence-corrected chi connectivity index (χ4v) is 3.16. The SMILES string of the molecule is O=C(NCCCNS(=O)(=O)c1ccc(Cl)cc1)OCc1ccccc1. The van der Waals surface area contributed by atoms with E-state index < -0.39 is 16.1 Å². The molecule has 2 aromatic carbocycles. The smallest absolute Gasteiger partial charge is 0.407 e. The molecule has 0 aliphatic rings. The first-order valence-corrected chi connectivity index (χ1v) is 9.53. The number of carbonyl (C=O) groups is 1. The van der Waals surface area contributed by atoms with Gasteiger partial charge in [-0.2, -0.15) is 0 Å². The largest absolute Gasteiger partial charge is 0.445 e. The van der Waals surface area contributed by atoms with E-state index >= 15 is 0 Å². The average Bonchev–Trinajstić information content (AvgIpc) is 2.61. The summed E-state index contributed by atoms with van der Waals surface area (Å²) < 4.78 is 31.6. The Kier molecular flexibility index (Phi) is 7.24. The summed E-state index contributed by atoms with van der Waals surface area (Å²) in [6, 6.07) is 15.2. The highest BCUT2D eigenvalue weighted by molar-refractivity contribution is 7.89. The number of halogens is 1. The van der Waals surface area contributed by atoms with Crippen LogP contribution in [0, 0.1) is 0 Å². The van der Waals surface area contributed by atoms with Crippen molar-refractivity contribution < 1.29 is 17.9 Å². The molecule has 6 nitrogen and oxygen atoms in total. The number of amides is 1. The van der Waals surface area contributed by atoms with Crippen molar-refractivity contribution >= 4 is 27.7 Å². The average molecular weight is 383 g/mol. The molecule has 0 saturated heterocycles. The van der Waals surface area contributed by atoms with Crippen LogP contribution in [0.15, 0.2) is 59.5 Å². The molecule has 1 amide bonds. The summed E-state index contributed by atoms with van der Waals surface area (Å²) in [5.74, 6) is 0. The summed E-state index contributed by atoms with van der Waals surface area (Å²) in [5, 5.41) is 3.04. The summed E-state index contributed by atoms with van der Waals surface area (Å²) in [4.78, 5) is 11.7. The highest BCUT2D eigenvalue weighted by Crippen LogP contribution is 2.13. The van der Waals surface area contributed by atoms with Crippen LogP contribution in [0.4, 0.5) is 4.79 Å². The van der Waals surface area contributed by atoms with Crippen LogP contribution >= 0.6 is 11.6 Å². The standard InChI is InChI=1S/C17H19ClN2O4S/c18-15-7-9-16(10-8-15)25(22,23)20-12-4-11-19-17(21)24-13-14-5-2-1-3-6-14/h1-3,5-10,20H,4,11-13H2,(H,19,21). The Bertz CT molecular complexity index is 780. The van der Waals surface area contributed by atoms with Crippen LogP contribution in [-0.4, -0.2) is 27.6 Å². The second kappa shape index (κ2) is 9.41. The van der Waals surface area contributed by atoms with Crippen LogP contribution < -0.4 is 10.0 Å². The normalized spacial score (nSPS) is 11.1. The van der Waals surface area contributed by atoms with E-state index in [4.69, 9.17) is 16.3 Å². The topological polar surface area (TPSA) is 84.5 Å². The second-order valence-electron chi connectivity index (χ2n) is 5.19. The lowest BCUT2D eigenvalue weighted by molar-refractivity contribution is 0.139. The molecule has 0 aliphatic heterocycles. The predicted octanol–water partition coefficient (Wildman–Crippen LogP) is 2.93. The lowest BCUT2D eigenvalue weighted by atomic mass is 10.2. The predicted molar refractivity (Wildman–Crippen MR) is 95.9 cm³/mol. The minimum Gasteiger partial charge on any atom is -0.445 e. The van der Waals surface area contributed by atoms with Crippen LogP contribution in [0.2, 0.25) is 5.02 Å². The monoisotopic (exact) mass is 382 g/mol. The Morgan fingerprint density at radius 2 is 1.68 bits per heavy atom. The third-order valence-electron chi connectivity index (χ3n) is 3.25. The van der Waals surface area contributed by atoms with Gasteiger partial charge in [-0.05, 0) is 36.2 Å². The molecule has 0 unspecified atom stereocenters. The van der Waals surface area contributed by atoms with Crippen LogP contribution in [0.25, 0.3) is 0 Å². The number of sulfonamides is 1. The van der Waals surface area contributed by atoms with Gasteiger partial charge >= 0.3 is 6.09 Å². The van der Waals surface area contributed by atoms with E-state index in [2.05, 4.69) is 10.0 Å². The molecule has 2 rings (SSSR count). The number of hydrogen-bond acceptors (Lipinski definition) is 4. The van der Waals surface area contributed by atoms with Gasteiger partial charge < -0.3 is 10.1 Å². The summed E-state index contributed by atoms with van der Waals surface area (Å²) in [7, 11) is -3.58. The highest BCUT2D eigenvalue weighted by Gasteiger charge is 2.12. The Balaban J connectivity index is 1.64. The van der Waals surface area contributed by atoms with Crippen molar-refractivity contribution in [3.8, 4) is 0 Å². The lowest BCUT2D eigenvalue weighted by Gasteiger charge is -2.08. The number of carbonyl (C=O) groups excluding carboxylic acids is 1. The minimum atomic E-state index is -3.58. The van der Waals surface area contributed by atoms with Crippen LogP contribution in [0.1, 0.15) is 12.0 Å². The Labute approximate surface area is 152 Å². The maximum absolute atomic E-state index is 12.0. The Morgan fingerprint density at radius 3 is 2.36 bits per heavy atom. The van der Waals surface area contributed by atoms with Crippen molar-refractivity contribution in [1.82, 2.24) is 10.0 Å². The van der Waals surface area contributed by atoms with Crippen molar-refractivity contribution in [3.05, 3.63) is 65.2 Å². The molecule has 25 heavy (non-hydrogen) atoms. The van der Waals surface area contributed by atoms with Crippen molar-refractivity contribution in [1.29, 1.82) is 0 Å². The van der Waals surface area contributed by atoms with Crippen LogP contribution in [0.3, 0.4) is 0 Å². The third-order valence-corrected chi connectivity index (χ3v) is 4.98. The van der Waals surface area contributed by atoms with Crippen molar-refractivity contribution in [3.63, 3.8) is 0 Å². The molecule has 0 aliphatic carbocycles. The summed E-state index contributed by atoms with van der Waals surface area (Å²) in [5.41, 5.74) is 0.897.